The molecule has 0 amide bonds. The summed E-state index contributed by atoms with van der Waals surface area (Å²) in [5, 5.41) is 3.32. The van der Waals surface area contributed by atoms with Gasteiger partial charge in [-0.15, -0.1) is 0 Å². The molecule has 2 aliphatic rings. The summed E-state index contributed by atoms with van der Waals surface area (Å²) in [6, 6.07) is 0. The summed E-state index contributed by atoms with van der Waals surface area (Å²) in [5.74, 6) is 0.868. The molecule has 2 rings (SSSR count). The zero-order valence-electron chi connectivity index (χ0n) is 8.97. The van der Waals surface area contributed by atoms with E-state index in [1.165, 1.54) is 44.9 Å². The van der Waals surface area contributed by atoms with Gasteiger partial charge in [0.1, 0.15) is 0 Å². The van der Waals surface area contributed by atoms with E-state index in [0.717, 1.165) is 12.5 Å². The van der Waals surface area contributed by atoms with Crippen LogP contribution in [0, 0.1) is 5.92 Å². The smallest absolute Gasteiger partial charge is 0.0360 e. The van der Waals surface area contributed by atoms with Gasteiger partial charge < -0.3 is 5.32 Å². The van der Waals surface area contributed by atoms with Crippen LogP contribution in [0.15, 0.2) is 23.9 Å². The summed E-state index contributed by atoms with van der Waals surface area (Å²) in [6.45, 7) is 1.08. The molecule has 0 aromatic heterocycles. The molecule has 1 heteroatoms. The van der Waals surface area contributed by atoms with E-state index in [9.17, 15) is 0 Å². The highest BCUT2D eigenvalue weighted by Gasteiger charge is 2.15. The second-order valence-corrected chi connectivity index (χ2v) is 4.52. The van der Waals surface area contributed by atoms with E-state index in [1.54, 1.807) is 5.57 Å². The van der Waals surface area contributed by atoms with Gasteiger partial charge in [0.15, 0.2) is 0 Å². The maximum Gasteiger partial charge on any atom is 0.0360 e. The Hall–Kier alpha value is -0.720. The van der Waals surface area contributed by atoms with Crippen LogP contribution in [0.3, 0.4) is 0 Å². The molecule has 1 heterocycles. The Labute approximate surface area is 87.3 Å². The molecule has 1 fully saturated rings. The van der Waals surface area contributed by atoms with Crippen molar-refractivity contribution in [1.29, 1.82) is 0 Å². The molecule has 0 aromatic carbocycles. The van der Waals surface area contributed by atoms with Gasteiger partial charge in [-0.2, -0.15) is 0 Å². The molecule has 0 saturated heterocycles. The van der Waals surface area contributed by atoms with Crippen LogP contribution in [0.2, 0.25) is 0 Å². The van der Waals surface area contributed by atoms with Gasteiger partial charge in [0.05, 0.1) is 0 Å². The predicted molar refractivity (Wildman–Crippen MR) is 61.0 cm³/mol. The highest BCUT2D eigenvalue weighted by molar-refractivity contribution is 5.20. The molecular formula is C13H21N. The molecule has 1 aliphatic heterocycles. The van der Waals surface area contributed by atoms with Crippen LogP contribution in [-0.4, -0.2) is 6.54 Å². The van der Waals surface area contributed by atoms with E-state index in [1.807, 2.05) is 6.20 Å². The van der Waals surface area contributed by atoms with Crippen molar-refractivity contribution in [3.63, 3.8) is 0 Å². The van der Waals surface area contributed by atoms with Gasteiger partial charge in [-0.25, -0.2) is 0 Å². The fourth-order valence-corrected chi connectivity index (χ4v) is 2.58. The third-order valence-corrected chi connectivity index (χ3v) is 3.46. The molecule has 1 aliphatic carbocycles. The molecule has 0 atom stereocenters. The van der Waals surface area contributed by atoms with E-state index in [0.29, 0.717) is 0 Å². The van der Waals surface area contributed by atoms with Crippen LogP contribution >= 0.6 is 0 Å². The largest absolute Gasteiger partial charge is 0.387 e. The SMILES string of the molecule is C1=CNCC(C2CCCCCCC2)=C1. The molecular weight excluding hydrogens is 170 g/mol. The maximum atomic E-state index is 3.32. The number of hydrogen-bond donors (Lipinski definition) is 1. The topological polar surface area (TPSA) is 12.0 Å². The van der Waals surface area contributed by atoms with Crippen LogP contribution in [0.25, 0.3) is 0 Å². The number of rotatable bonds is 1. The minimum Gasteiger partial charge on any atom is -0.387 e. The lowest BCUT2D eigenvalue weighted by Gasteiger charge is -2.24. The van der Waals surface area contributed by atoms with Crippen LogP contribution in [0.1, 0.15) is 44.9 Å². The highest BCUT2D eigenvalue weighted by Crippen LogP contribution is 2.28. The molecule has 0 unspecified atom stereocenters. The summed E-state index contributed by atoms with van der Waals surface area (Å²) in [7, 11) is 0. The van der Waals surface area contributed by atoms with Crippen molar-refractivity contribution < 1.29 is 0 Å². The highest BCUT2D eigenvalue weighted by atomic mass is 14.8. The number of hydrogen-bond acceptors (Lipinski definition) is 1. The summed E-state index contributed by atoms with van der Waals surface area (Å²) in [4.78, 5) is 0. The first-order valence-corrected chi connectivity index (χ1v) is 6.06. The van der Waals surface area contributed by atoms with Crippen LogP contribution in [-0.2, 0) is 0 Å². The minimum absolute atomic E-state index is 0.868. The van der Waals surface area contributed by atoms with Crippen molar-refractivity contribution in [2.24, 2.45) is 5.92 Å². The Morgan fingerprint density at radius 3 is 2.36 bits per heavy atom. The van der Waals surface area contributed by atoms with E-state index in [-0.39, 0.29) is 0 Å². The van der Waals surface area contributed by atoms with Crippen molar-refractivity contribution in [2.75, 3.05) is 6.54 Å². The molecule has 1 nitrogen and oxygen atoms in total. The van der Waals surface area contributed by atoms with Crippen LogP contribution in [0.5, 0.6) is 0 Å². The second-order valence-electron chi connectivity index (χ2n) is 4.52. The van der Waals surface area contributed by atoms with E-state index in [4.69, 9.17) is 0 Å². The van der Waals surface area contributed by atoms with Gasteiger partial charge in [-0.3, -0.25) is 0 Å². The predicted octanol–water partition coefficient (Wildman–Crippen LogP) is 3.39. The molecule has 0 bridgehead atoms. The fourth-order valence-electron chi connectivity index (χ4n) is 2.58. The first-order chi connectivity index (χ1) is 6.97. The quantitative estimate of drug-likeness (QED) is 0.670. The summed E-state index contributed by atoms with van der Waals surface area (Å²) >= 11 is 0. The first-order valence-electron chi connectivity index (χ1n) is 6.06. The molecule has 78 valence electrons. The average Bonchev–Trinajstić information content (AvgIpc) is 2.18. The Morgan fingerprint density at radius 1 is 1.00 bits per heavy atom. The monoisotopic (exact) mass is 191 g/mol. The van der Waals surface area contributed by atoms with Crippen molar-refractivity contribution >= 4 is 0 Å². The molecule has 0 radical (unpaired) electrons. The van der Waals surface area contributed by atoms with Gasteiger partial charge in [0, 0.05) is 6.54 Å². The minimum atomic E-state index is 0.868. The van der Waals surface area contributed by atoms with E-state index in [2.05, 4.69) is 17.5 Å². The van der Waals surface area contributed by atoms with Crippen LogP contribution < -0.4 is 5.32 Å². The van der Waals surface area contributed by atoms with Gasteiger partial charge in [-0.1, -0.05) is 38.2 Å². The number of dihydropyridines is 1. The van der Waals surface area contributed by atoms with Gasteiger partial charge >= 0.3 is 0 Å². The molecule has 0 aromatic rings. The zero-order chi connectivity index (χ0) is 9.64. The molecule has 0 spiro atoms. The third-order valence-electron chi connectivity index (χ3n) is 3.46. The van der Waals surface area contributed by atoms with E-state index >= 15 is 0 Å². The lowest BCUT2D eigenvalue weighted by atomic mass is 9.85. The Balaban J connectivity index is 1.93. The van der Waals surface area contributed by atoms with E-state index < -0.39 is 0 Å². The summed E-state index contributed by atoms with van der Waals surface area (Å²) in [5.41, 5.74) is 1.63. The van der Waals surface area contributed by atoms with Crippen LogP contribution in [0.4, 0.5) is 0 Å². The lowest BCUT2D eigenvalue weighted by molar-refractivity contribution is 0.414. The van der Waals surface area contributed by atoms with Gasteiger partial charge in [0.2, 0.25) is 0 Å². The average molecular weight is 191 g/mol. The molecule has 14 heavy (non-hydrogen) atoms. The van der Waals surface area contributed by atoms with Crippen molar-refractivity contribution in [3.05, 3.63) is 23.9 Å². The number of nitrogens with one attached hydrogen (secondary N) is 1. The summed E-state index contributed by atoms with van der Waals surface area (Å²) < 4.78 is 0. The third kappa shape index (κ3) is 2.63. The Bertz CT molecular complexity index is 219. The zero-order valence-corrected chi connectivity index (χ0v) is 8.97. The fraction of sp³-hybridized carbons (Fsp3) is 0.692. The summed E-state index contributed by atoms with van der Waals surface area (Å²) in [6.07, 6.45) is 16.6. The van der Waals surface area contributed by atoms with Crippen molar-refractivity contribution in [1.82, 2.24) is 5.32 Å². The maximum absolute atomic E-state index is 3.32. The lowest BCUT2D eigenvalue weighted by Crippen LogP contribution is -2.19. The van der Waals surface area contributed by atoms with Gasteiger partial charge in [-0.05, 0) is 36.6 Å². The van der Waals surface area contributed by atoms with Crippen molar-refractivity contribution in [3.8, 4) is 0 Å². The normalized spacial score (nSPS) is 24.7. The molecule has 1 saturated carbocycles. The van der Waals surface area contributed by atoms with Crippen molar-refractivity contribution in [2.45, 2.75) is 44.9 Å². The standard InChI is InChI=1S/C13H21N/c1-2-4-7-12(8-5-3-1)13-9-6-10-14-11-13/h6,9-10,12,14H,1-5,7-8,11H2. The second kappa shape index (κ2) is 5.23. The first kappa shape index (κ1) is 9.82. The molecule has 1 N–H and O–H groups in total. The Morgan fingerprint density at radius 2 is 1.71 bits per heavy atom. The Kier molecular flexibility index (Phi) is 3.67. The van der Waals surface area contributed by atoms with Gasteiger partial charge in [0.25, 0.3) is 0 Å². The number of allylic oxidation sites excluding steroid dienone is 2.